The van der Waals surface area contributed by atoms with Crippen LogP contribution in [0.15, 0.2) is 35.1 Å². The molecule has 33 heavy (non-hydrogen) atoms. The number of methoxy groups -OCH3 is 2. The van der Waals surface area contributed by atoms with Gasteiger partial charge in [-0.15, -0.1) is 12.4 Å². The Bertz CT molecular complexity index is 947. The van der Waals surface area contributed by atoms with Crippen LogP contribution in [-0.2, 0) is 11.2 Å². The van der Waals surface area contributed by atoms with Crippen molar-refractivity contribution in [1.82, 2.24) is 10.3 Å². The van der Waals surface area contributed by atoms with Crippen molar-refractivity contribution in [3.05, 3.63) is 57.5 Å². The molecule has 8 heteroatoms. The quantitative estimate of drug-likeness (QED) is 0.342. The van der Waals surface area contributed by atoms with Gasteiger partial charge in [-0.1, -0.05) is 25.3 Å². The minimum Gasteiger partial charge on any atom is -0.493 e. The highest BCUT2D eigenvalue weighted by Crippen LogP contribution is 2.28. The molecule has 7 nitrogen and oxygen atoms in total. The topological polar surface area (TPSA) is 89.7 Å². The first-order valence-corrected chi connectivity index (χ1v) is 11.5. The minimum atomic E-state index is -0.343. The van der Waals surface area contributed by atoms with Gasteiger partial charge in [-0.3, -0.25) is 4.79 Å². The highest BCUT2D eigenvalue weighted by Gasteiger charge is 2.19. The molecule has 0 saturated carbocycles. The van der Waals surface area contributed by atoms with Gasteiger partial charge in [0.2, 0.25) is 5.56 Å². The van der Waals surface area contributed by atoms with Crippen LogP contribution in [0.4, 0.5) is 0 Å². The van der Waals surface area contributed by atoms with Gasteiger partial charge >= 0.3 is 5.97 Å². The number of unbranched alkanes of at least 4 members (excludes halogenated alkanes) is 4. The lowest BCUT2D eigenvalue weighted by atomic mass is 9.91. The van der Waals surface area contributed by atoms with Crippen molar-refractivity contribution in [2.45, 2.75) is 57.4 Å². The summed E-state index contributed by atoms with van der Waals surface area (Å²) in [6, 6.07) is 8.95. The predicted molar refractivity (Wildman–Crippen MR) is 131 cm³/mol. The number of hydrogen-bond acceptors (Lipinski definition) is 6. The number of ether oxygens (including phenoxy) is 3. The molecule has 2 N–H and O–H groups in total. The largest absolute Gasteiger partial charge is 0.493 e. The summed E-state index contributed by atoms with van der Waals surface area (Å²) in [5, 5.41) is 3.64. The van der Waals surface area contributed by atoms with Crippen LogP contribution in [0.5, 0.6) is 11.5 Å². The fraction of sp³-hybridized carbons (Fsp3) is 0.520. The SMILES string of the molecule is COc1ccc(C(=O)OCCCCCCCN[C@H]2CCCc3[nH]c(=O)ccc32)cc1OC.Cl. The first-order valence-electron chi connectivity index (χ1n) is 11.5. The monoisotopic (exact) mass is 478 g/mol. The van der Waals surface area contributed by atoms with Crippen molar-refractivity contribution in [3.8, 4) is 11.5 Å². The number of carbonyl (C=O) groups is 1. The van der Waals surface area contributed by atoms with Crippen LogP contribution in [0.2, 0.25) is 0 Å². The molecule has 3 rings (SSSR count). The third kappa shape index (κ3) is 7.79. The third-order valence-electron chi connectivity index (χ3n) is 5.90. The first kappa shape index (κ1) is 26.7. The van der Waals surface area contributed by atoms with Gasteiger partial charge in [0.25, 0.3) is 0 Å². The Balaban J connectivity index is 0.00000385. The van der Waals surface area contributed by atoms with Gasteiger partial charge in [0.05, 0.1) is 26.4 Å². The first-order chi connectivity index (χ1) is 15.6. The molecule has 0 bridgehead atoms. The summed E-state index contributed by atoms with van der Waals surface area (Å²) in [4.78, 5) is 26.7. The van der Waals surface area contributed by atoms with Crippen molar-refractivity contribution in [2.24, 2.45) is 0 Å². The summed E-state index contributed by atoms with van der Waals surface area (Å²) in [6.45, 7) is 1.39. The Kier molecular flexibility index (Phi) is 11.3. The summed E-state index contributed by atoms with van der Waals surface area (Å²) in [7, 11) is 3.10. The average Bonchev–Trinajstić information content (AvgIpc) is 2.82. The second kappa shape index (κ2) is 13.9. The maximum atomic E-state index is 12.2. The molecule has 1 atom stereocenters. The number of fused-ring (bicyclic) bond motifs is 1. The number of aromatic amines is 1. The number of pyridine rings is 1. The molecule has 2 aromatic rings. The van der Waals surface area contributed by atoms with E-state index < -0.39 is 0 Å². The molecule has 0 radical (unpaired) electrons. The van der Waals surface area contributed by atoms with E-state index in [1.165, 1.54) is 5.56 Å². The molecule has 0 saturated heterocycles. The van der Waals surface area contributed by atoms with E-state index in [9.17, 15) is 9.59 Å². The fourth-order valence-corrected chi connectivity index (χ4v) is 4.16. The Hall–Kier alpha value is -2.51. The molecule has 0 unspecified atom stereocenters. The lowest BCUT2D eigenvalue weighted by molar-refractivity contribution is 0.0497. The van der Waals surface area contributed by atoms with E-state index in [-0.39, 0.29) is 23.9 Å². The van der Waals surface area contributed by atoms with Crippen molar-refractivity contribution < 1.29 is 19.0 Å². The number of H-pyrrole nitrogens is 1. The van der Waals surface area contributed by atoms with Gasteiger partial charge in [-0.05, 0) is 62.4 Å². The molecule has 0 fully saturated rings. The molecule has 1 aromatic carbocycles. The Morgan fingerprint density at radius 2 is 1.79 bits per heavy atom. The van der Waals surface area contributed by atoms with Gasteiger partial charge in [-0.2, -0.15) is 0 Å². The summed E-state index contributed by atoms with van der Waals surface area (Å²) in [5.41, 5.74) is 2.77. The molecule has 0 spiro atoms. The number of halogens is 1. The third-order valence-corrected chi connectivity index (χ3v) is 5.90. The van der Waals surface area contributed by atoms with E-state index in [4.69, 9.17) is 14.2 Å². The minimum absolute atomic E-state index is 0. The van der Waals surface area contributed by atoms with Crippen LogP contribution >= 0.6 is 12.4 Å². The van der Waals surface area contributed by atoms with Gasteiger partial charge in [0, 0.05) is 17.8 Å². The second-order valence-electron chi connectivity index (χ2n) is 8.13. The molecule has 0 aliphatic heterocycles. The number of benzene rings is 1. The number of esters is 1. The van der Waals surface area contributed by atoms with Crippen LogP contribution in [0, 0.1) is 0 Å². The Morgan fingerprint density at radius 1 is 1.03 bits per heavy atom. The van der Waals surface area contributed by atoms with Crippen molar-refractivity contribution in [3.63, 3.8) is 0 Å². The van der Waals surface area contributed by atoms with Crippen LogP contribution < -0.4 is 20.3 Å². The lowest BCUT2D eigenvalue weighted by Gasteiger charge is -2.26. The van der Waals surface area contributed by atoms with E-state index >= 15 is 0 Å². The summed E-state index contributed by atoms with van der Waals surface area (Å²) >= 11 is 0. The molecule has 1 aromatic heterocycles. The zero-order chi connectivity index (χ0) is 22.8. The molecule has 1 aliphatic rings. The Labute approximate surface area is 201 Å². The molecular weight excluding hydrogens is 444 g/mol. The fourth-order valence-electron chi connectivity index (χ4n) is 4.16. The average molecular weight is 479 g/mol. The van der Waals surface area contributed by atoms with E-state index in [2.05, 4.69) is 10.3 Å². The zero-order valence-electron chi connectivity index (χ0n) is 19.5. The van der Waals surface area contributed by atoms with Gasteiger partial charge < -0.3 is 24.5 Å². The van der Waals surface area contributed by atoms with Crippen LogP contribution in [0.3, 0.4) is 0 Å². The molecular formula is C25H35ClN2O5. The zero-order valence-corrected chi connectivity index (χ0v) is 20.3. The summed E-state index contributed by atoms with van der Waals surface area (Å²) < 4.78 is 15.8. The number of nitrogens with one attached hydrogen (secondary N) is 2. The predicted octanol–water partition coefficient (Wildman–Crippen LogP) is 4.59. The molecule has 0 amide bonds. The van der Waals surface area contributed by atoms with Gasteiger partial charge in [0.1, 0.15) is 0 Å². The van der Waals surface area contributed by atoms with Crippen LogP contribution in [0.1, 0.15) is 72.6 Å². The van der Waals surface area contributed by atoms with Crippen molar-refractivity contribution >= 4 is 18.4 Å². The molecule has 1 aliphatic carbocycles. The van der Waals surface area contributed by atoms with Crippen LogP contribution in [-0.4, -0.2) is 38.3 Å². The van der Waals surface area contributed by atoms with Crippen LogP contribution in [0.25, 0.3) is 0 Å². The van der Waals surface area contributed by atoms with Crippen molar-refractivity contribution in [2.75, 3.05) is 27.4 Å². The number of aryl methyl sites for hydroxylation is 1. The highest BCUT2D eigenvalue weighted by molar-refractivity contribution is 5.90. The normalized spacial score (nSPS) is 14.7. The standard InChI is InChI=1S/C25H34N2O5.ClH/c1-30-22-13-11-18(17-23(22)31-2)25(29)32-16-7-5-3-4-6-15-26-20-9-8-10-21-19(20)12-14-24(28)27-21;/h11-14,17,20,26H,3-10,15-16H2,1-2H3,(H,27,28);1H/t20-;/m0./s1. The van der Waals surface area contributed by atoms with E-state index in [1.807, 2.05) is 6.07 Å². The van der Waals surface area contributed by atoms with E-state index in [1.54, 1.807) is 38.5 Å². The van der Waals surface area contributed by atoms with E-state index in [0.29, 0.717) is 29.7 Å². The number of aromatic nitrogens is 1. The maximum absolute atomic E-state index is 12.2. The summed E-state index contributed by atoms with van der Waals surface area (Å²) in [6.07, 6.45) is 8.44. The number of rotatable bonds is 12. The highest BCUT2D eigenvalue weighted by atomic mass is 35.5. The smallest absolute Gasteiger partial charge is 0.338 e. The Morgan fingerprint density at radius 3 is 2.58 bits per heavy atom. The van der Waals surface area contributed by atoms with E-state index in [0.717, 1.165) is 63.6 Å². The molecule has 182 valence electrons. The van der Waals surface area contributed by atoms with Crippen molar-refractivity contribution in [1.29, 1.82) is 0 Å². The maximum Gasteiger partial charge on any atom is 0.338 e. The summed E-state index contributed by atoms with van der Waals surface area (Å²) in [5.74, 6) is 0.756. The molecule has 1 heterocycles. The second-order valence-corrected chi connectivity index (χ2v) is 8.13. The van der Waals surface area contributed by atoms with Gasteiger partial charge in [0.15, 0.2) is 11.5 Å². The number of carbonyl (C=O) groups excluding carboxylic acids is 1. The lowest BCUT2D eigenvalue weighted by Crippen LogP contribution is -2.28. The number of hydrogen-bond donors (Lipinski definition) is 2. The van der Waals surface area contributed by atoms with Gasteiger partial charge in [-0.25, -0.2) is 4.79 Å².